The van der Waals surface area contributed by atoms with E-state index in [0.29, 0.717) is 0 Å². The molecule has 3 rings (SSSR count). The standard InChI is InChI=1S/C14H14N4O2/c1-17-9-10(8-15-17)13-7-14(19)18(16-13)11-3-5-12(20-2)6-4-11/h3-6,8-9H,7H2,1-2H3. The predicted molar refractivity (Wildman–Crippen MR) is 74.8 cm³/mol. The summed E-state index contributed by atoms with van der Waals surface area (Å²) in [5, 5.41) is 9.90. The van der Waals surface area contributed by atoms with Crippen LogP contribution in [-0.2, 0) is 11.8 Å². The van der Waals surface area contributed by atoms with Gasteiger partial charge in [0.15, 0.2) is 0 Å². The molecule has 0 aliphatic carbocycles. The van der Waals surface area contributed by atoms with E-state index < -0.39 is 0 Å². The molecule has 0 fully saturated rings. The highest BCUT2D eigenvalue weighted by Gasteiger charge is 2.26. The Morgan fingerprint density at radius 2 is 2.00 bits per heavy atom. The van der Waals surface area contributed by atoms with Crippen molar-refractivity contribution in [2.75, 3.05) is 12.1 Å². The molecule has 0 spiro atoms. The Hall–Kier alpha value is -2.63. The van der Waals surface area contributed by atoms with Crippen LogP contribution in [-0.4, -0.2) is 28.5 Å². The van der Waals surface area contributed by atoms with Crippen LogP contribution in [0, 0.1) is 0 Å². The Labute approximate surface area is 116 Å². The molecule has 1 aliphatic rings. The Morgan fingerprint density at radius 1 is 1.25 bits per heavy atom. The van der Waals surface area contributed by atoms with Crippen molar-refractivity contribution in [2.24, 2.45) is 12.1 Å². The molecule has 6 heteroatoms. The lowest BCUT2D eigenvalue weighted by Crippen LogP contribution is -2.19. The predicted octanol–water partition coefficient (Wildman–Crippen LogP) is 1.57. The minimum absolute atomic E-state index is 0.0472. The van der Waals surface area contributed by atoms with Crippen LogP contribution in [0.3, 0.4) is 0 Å². The fraction of sp³-hybridized carbons (Fsp3) is 0.214. The van der Waals surface area contributed by atoms with Crippen molar-refractivity contribution in [3.05, 3.63) is 42.2 Å². The zero-order valence-electron chi connectivity index (χ0n) is 11.3. The van der Waals surface area contributed by atoms with Gasteiger partial charge in [-0.2, -0.15) is 10.2 Å². The molecule has 0 radical (unpaired) electrons. The third kappa shape index (κ3) is 2.16. The molecular formula is C14H14N4O2. The highest BCUT2D eigenvalue weighted by molar-refractivity contribution is 6.19. The molecule has 1 aliphatic heterocycles. The highest BCUT2D eigenvalue weighted by Crippen LogP contribution is 2.24. The Bertz CT molecular complexity index is 673. The van der Waals surface area contributed by atoms with Crippen molar-refractivity contribution in [1.82, 2.24) is 9.78 Å². The van der Waals surface area contributed by atoms with Crippen LogP contribution in [0.4, 0.5) is 5.69 Å². The number of hydrazone groups is 1. The lowest BCUT2D eigenvalue weighted by molar-refractivity contribution is -0.116. The zero-order valence-corrected chi connectivity index (χ0v) is 11.3. The SMILES string of the molecule is COc1ccc(N2N=C(c3cnn(C)c3)CC2=O)cc1. The molecule has 0 atom stereocenters. The highest BCUT2D eigenvalue weighted by atomic mass is 16.5. The van der Waals surface area contributed by atoms with Gasteiger partial charge in [0.1, 0.15) is 5.75 Å². The first-order chi connectivity index (χ1) is 9.67. The lowest BCUT2D eigenvalue weighted by Gasteiger charge is -2.11. The maximum atomic E-state index is 12.1. The van der Waals surface area contributed by atoms with Crippen LogP contribution < -0.4 is 9.75 Å². The zero-order chi connectivity index (χ0) is 14.1. The number of rotatable bonds is 3. The number of aromatic nitrogens is 2. The summed E-state index contributed by atoms with van der Waals surface area (Å²) in [7, 11) is 3.44. The molecule has 1 amide bonds. The van der Waals surface area contributed by atoms with E-state index in [1.165, 1.54) is 5.01 Å². The van der Waals surface area contributed by atoms with Gasteiger partial charge in [0.05, 0.1) is 31.1 Å². The summed E-state index contributed by atoms with van der Waals surface area (Å²) in [5.74, 6) is 0.700. The first-order valence-electron chi connectivity index (χ1n) is 6.21. The molecule has 1 aromatic carbocycles. The minimum atomic E-state index is -0.0472. The van der Waals surface area contributed by atoms with Gasteiger partial charge in [-0.1, -0.05) is 0 Å². The summed E-state index contributed by atoms with van der Waals surface area (Å²) < 4.78 is 6.79. The third-order valence-electron chi connectivity index (χ3n) is 3.13. The van der Waals surface area contributed by atoms with Crippen LogP contribution in [0.2, 0.25) is 0 Å². The summed E-state index contributed by atoms with van der Waals surface area (Å²) in [6.07, 6.45) is 3.85. The second-order valence-electron chi connectivity index (χ2n) is 4.53. The second-order valence-corrected chi connectivity index (χ2v) is 4.53. The third-order valence-corrected chi connectivity index (χ3v) is 3.13. The number of ether oxygens (including phenoxy) is 1. The van der Waals surface area contributed by atoms with Gasteiger partial charge >= 0.3 is 0 Å². The van der Waals surface area contributed by atoms with Gasteiger partial charge in [0, 0.05) is 18.8 Å². The van der Waals surface area contributed by atoms with Crippen molar-refractivity contribution in [1.29, 1.82) is 0 Å². The van der Waals surface area contributed by atoms with Crippen LogP contribution in [0.1, 0.15) is 12.0 Å². The monoisotopic (exact) mass is 270 g/mol. The van der Waals surface area contributed by atoms with Crippen LogP contribution >= 0.6 is 0 Å². The van der Waals surface area contributed by atoms with Gasteiger partial charge in [-0.3, -0.25) is 9.48 Å². The molecule has 1 aromatic heterocycles. The molecule has 102 valence electrons. The van der Waals surface area contributed by atoms with Crippen molar-refractivity contribution in [2.45, 2.75) is 6.42 Å². The molecule has 0 N–H and O–H groups in total. The fourth-order valence-corrected chi connectivity index (χ4v) is 2.09. The number of hydrogen-bond donors (Lipinski definition) is 0. The van der Waals surface area contributed by atoms with Gasteiger partial charge < -0.3 is 4.74 Å². The number of benzene rings is 1. The van der Waals surface area contributed by atoms with Gasteiger partial charge in [-0.05, 0) is 24.3 Å². The van der Waals surface area contributed by atoms with Crippen LogP contribution in [0.15, 0.2) is 41.8 Å². The number of aryl methyl sites for hydroxylation is 1. The van der Waals surface area contributed by atoms with E-state index in [2.05, 4.69) is 10.2 Å². The van der Waals surface area contributed by atoms with Crippen molar-refractivity contribution in [3.63, 3.8) is 0 Å². The minimum Gasteiger partial charge on any atom is -0.497 e. The van der Waals surface area contributed by atoms with Crippen LogP contribution in [0.25, 0.3) is 0 Å². The summed E-state index contributed by atoms with van der Waals surface area (Å²) in [5.41, 5.74) is 2.34. The van der Waals surface area contributed by atoms with E-state index in [1.807, 2.05) is 25.4 Å². The molecule has 2 aromatic rings. The van der Waals surface area contributed by atoms with Crippen molar-refractivity contribution >= 4 is 17.3 Å². The fourth-order valence-electron chi connectivity index (χ4n) is 2.09. The van der Waals surface area contributed by atoms with Crippen LogP contribution in [0.5, 0.6) is 5.75 Å². The number of anilines is 1. The van der Waals surface area contributed by atoms with E-state index in [1.54, 1.807) is 30.1 Å². The van der Waals surface area contributed by atoms with E-state index in [0.717, 1.165) is 22.7 Å². The van der Waals surface area contributed by atoms with E-state index in [4.69, 9.17) is 4.74 Å². The van der Waals surface area contributed by atoms with E-state index in [-0.39, 0.29) is 12.3 Å². The van der Waals surface area contributed by atoms with E-state index >= 15 is 0 Å². The molecule has 0 saturated heterocycles. The van der Waals surface area contributed by atoms with E-state index in [9.17, 15) is 4.79 Å². The summed E-state index contributed by atoms with van der Waals surface area (Å²) in [6, 6.07) is 7.24. The molecule has 2 heterocycles. The first kappa shape index (κ1) is 12.4. The Balaban J connectivity index is 1.89. The topological polar surface area (TPSA) is 59.7 Å². The maximum absolute atomic E-state index is 12.1. The maximum Gasteiger partial charge on any atom is 0.253 e. The normalized spacial score (nSPS) is 14.6. The number of carbonyl (C=O) groups excluding carboxylic acids is 1. The van der Waals surface area contributed by atoms with Gasteiger partial charge in [0.2, 0.25) is 0 Å². The van der Waals surface area contributed by atoms with Gasteiger partial charge in [-0.25, -0.2) is 5.01 Å². The number of methoxy groups -OCH3 is 1. The van der Waals surface area contributed by atoms with Crippen molar-refractivity contribution in [3.8, 4) is 5.75 Å². The Kier molecular flexibility index (Phi) is 2.98. The number of hydrogen-bond acceptors (Lipinski definition) is 4. The summed E-state index contributed by atoms with van der Waals surface area (Å²) in [4.78, 5) is 12.1. The molecule has 0 bridgehead atoms. The molecule has 0 unspecified atom stereocenters. The first-order valence-corrected chi connectivity index (χ1v) is 6.21. The number of carbonyl (C=O) groups is 1. The second kappa shape index (κ2) is 4.80. The quantitative estimate of drug-likeness (QED) is 0.850. The average Bonchev–Trinajstić information content (AvgIpc) is 3.05. The lowest BCUT2D eigenvalue weighted by atomic mass is 10.1. The molecular weight excluding hydrogens is 256 g/mol. The van der Waals surface area contributed by atoms with Gasteiger partial charge in [0.25, 0.3) is 5.91 Å². The molecule has 0 saturated carbocycles. The van der Waals surface area contributed by atoms with Gasteiger partial charge in [-0.15, -0.1) is 0 Å². The summed E-state index contributed by atoms with van der Waals surface area (Å²) in [6.45, 7) is 0. The van der Waals surface area contributed by atoms with Crippen molar-refractivity contribution < 1.29 is 9.53 Å². The molecule has 6 nitrogen and oxygen atoms in total. The largest absolute Gasteiger partial charge is 0.497 e. The number of nitrogens with zero attached hydrogens (tertiary/aromatic N) is 4. The smallest absolute Gasteiger partial charge is 0.253 e. The average molecular weight is 270 g/mol. The Morgan fingerprint density at radius 3 is 2.60 bits per heavy atom. The molecule has 20 heavy (non-hydrogen) atoms. The summed E-state index contributed by atoms with van der Waals surface area (Å²) >= 11 is 0. The number of amides is 1.